The Labute approximate surface area is 89.0 Å². The highest BCUT2D eigenvalue weighted by Crippen LogP contribution is 2.33. The number of hydrogen-bond donors (Lipinski definition) is 1. The molecule has 1 N–H and O–H groups in total. The number of rotatable bonds is 6. The molecule has 1 aromatic rings. The van der Waals surface area contributed by atoms with Gasteiger partial charge in [-0.05, 0) is 25.2 Å². The number of nitrogens with zero attached hydrogens (tertiary/aromatic N) is 3. The monoisotopic (exact) mass is 211 g/mol. The Hall–Kier alpha value is -0.940. The van der Waals surface area contributed by atoms with Crippen molar-refractivity contribution in [2.24, 2.45) is 5.92 Å². The van der Waals surface area contributed by atoms with Gasteiger partial charge in [0.05, 0.1) is 25.5 Å². The maximum atomic E-state index is 9.14. The lowest BCUT2D eigenvalue weighted by Gasteiger charge is -2.05. The van der Waals surface area contributed by atoms with Crippen LogP contribution in [-0.2, 0) is 24.3 Å². The van der Waals surface area contributed by atoms with Crippen molar-refractivity contribution in [3.8, 4) is 0 Å². The van der Waals surface area contributed by atoms with Gasteiger partial charge in [-0.3, -0.25) is 0 Å². The second-order valence-corrected chi connectivity index (χ2v) is 4.00. The highest BCUT2D eigenvalue weighted by atomic mass is 16.5. The van der Waals surface area contributed by atoms with Crippen LogP contribution in [-0.4, -0.2) is 33.8 Å². The summed E-state index contributed by atoms with van der Waals surface area (Å²) in [7, 11) is 1.67. The lowest BCUT2D eigenvalue weighted by Crippen LogP contribution is -2.11. The fourth-order valence-corrected chi connectivity index (χ4v) is 1.67. The van der Waals surface area contributed by atoms with E-state index in [4.69, 9.17) is 9.84 Å². The smallest absolute Gasteiger partial charge is 0.111 e. The zero-order valence-corrected chi connectivity index (χ0v) is 9.02. The molecule has 2 rings (SSSR count). The molecule has 0 aliphatic heterocycles. The number of aromatic nitrogens is 3. The number of hydrogen-bond acceptors (Lipinski definition) is 4. The van der Waals surface area contributed by atoms with Crippen LogP contribution in [0.4, 0.5) is 0 Å². The summed E-state index contributed by atoms with van der Waals surface area (Å²) >= 11 is 0. The van der Waals surface area contributed by atoms with Crippen LogP contribution < -0.4 is 0 Å². The summed E-state index contributed by atoms with van der Waals surface area (Å²) in [6.07, 6.45) is 3.58. The van der Waals surface area contributed by atoms with Gasteiger partial charge in [0.25, 0.3) is 0 Å². The van der Waals surface area contributed by atoms with E-state index in [0.717, 1.165) is 23.7 Å². The van der Waals surface area contributed by atoms with E-state index in [2.05, 4.69) is 10.3 Å². The van der Waals surface area contributed by atoms with Crippen molar-refractivity contribution in [3.63, 3.8) is 0 Å². The molecule has 0 radical (unpaired) electrons. The predicted molar refractivity (Wildman–Crippen MR) is 54.2 cm³/mol. The molecule has 0 aromatic carbocycles. The first-order valence-electron chi connectivity index (χ1n) is 5.36. The van der Waals surface area contributed by atoms with Gasteiger partial charge in [0.2, 0.25) is 0 Å². The molecular weight excluding hydrogens is 194 g/mol. The number of methoxy groups -OCH3 is 1. The van der Waals surface area contributed by atoms with Crippen LogP contribution in [0.5, 0.6) is 0 Å². The van der Waals surface area contributed by atoms with Crippen LogP contribution in [0.2, 0.25) is 0 Å². The van der Waals surface area contributed by atoms with Gasteiger partial charge in [0.15, 0.2) is 0 Å². The molecule has 5 nitrogen and oxygen atoms in total. The lowest BCUT2D eigenvalue weighted by molar-refractivity contribution is 0.181. The summed E-state index contributed by atoms with van der Waals surface area (Å²) in [6.45, 7) is 1.33. The second-order valence-electron chi connectivity index (χ2n) is 4.00. The third kappa shape index (κ3) is 2.54. The van der Waals surface area contributed by atoms with E-state index >= 15 is 0 Å². The normalized spacial score (nSPS) is 15.9. The van der Waals surface area contributed by atoms with Crippen LogP contribution in [0.1, 0.15) is 24.2 Å². The molecular formula is C10H17N3O2. The maximum absolute atomic E-state index is 9.14. The standard InChI is InChI=1S/C10H17N3O2/c1-15-5-4-13-10(6-8-2-3-8)9(7-14)11-12-13/h8,14H,2-7H2,1H3. The quantitative estimate of drug-likeness (QED) is 0.738. The van der Waals surface area contributed by atoms with Crippen LogP contribution in [0.25, 0.3) is 0 Å². The van der Waals surface area contributed by atoms with Gasteiger partial charge >= 0.3 is 0 Å². The molecule has 1 fully saturated rings. The highest BCUT2D eigenvalue weighted by molar-refractivity contribution is 5.11. The summed E-state index contributed by atoms with van der Waals surface area (Å²) in [5.41, 5.74) is 1.80. The molecule has 1 aliphatic rings. The Balaban J connectivity index is 2.08. The van der Waals surface area contributed by atoms with Crippen molar-refractivity contribution in [1.82, 2.24) is 15.0 Å². The van der Waals surface area contributed by atoms with Gasteiger partial charge in [0.1, 0.15) is 5.69 Å². The Morgan fingerprint density at radius 3 is 2.93 bits per heavy atom. The van der Waals surface area contributed by atoms with E-state index in [1.807, 2.05) is 4.68 Å². The molecule has 15 heavy (non-hydrogen) atoms. The van der Waals surface area contributed by atoms with Gasteiger partial charge < -0.3 is 9.84 Å². The van der Waals surface area contributed by atoms with Crippen molar-refractivity contribution in [2.75, 3.05) is 13.7 Å². The number of ether oxygens (including phenoxy) is 1. The van der Waals surface area contributed by atoms with E-state index in [-0.39, 0.29) is 6.61 Å². The van der Waals surface area contributed by atoms with Crippen molar-refractivity contribution in [2.45, 2.75) is 32.4 Å². The van der Waals surface area contributed by atoms with E-state index in [1.54, 1.807) is 7.11 Å². The number of aliphatic hydroxyl groups excluding tert-OH is 1. The minimum absolute atomic E-state index is 0.0188. The molecule has 0 spiro atoms. The zero-order valence-electron chi connectivity index (χ0n) is 9.02. The third-order valence-electron chi connectivity index (χ3n) is 2.75. The van der Waals surface area contributed by atoms with Gasteiger partial charge in [-0.25, -0.2) is 4.68 Å². The molecule has 5 heteroatoms. The fourth-order valence-electron chi connectivity index (χ4n) is 1.67. The van der Waals surface area contributed by atoms with Crippen molar-refractivity contribution < 1.29 is 9.84 Å². The predicted octanol–water partition coefficient (Wildman–Crippen LogP) is 0.369. The Morgan fingerprint density at radius 1 is 1.53 bits per heavy atom. The largest absolute Gasteiger partial charge is 0.390 e. The Morgan fingerprint density at radius 2 is 2.33 bits per heavy atom. The van der Waals surface area contributed by atoms with E-state index < -0.39 is 0 Å². The minimum atomic E-state index is -0.0188. The Bertz CT molecular complexity index is 320. The first-order valence-corrected chi connectivity index (χ1v) is 5.36. The average molecular weight is 211 g/mol. The summed E-state index contributed by atoms with van der Waals surface area (Å²) in [5, 5.41) is 17.2. The topological polar surface area (TPSA) is 60.2 Å². The van der Waals surface area contributed by atoms with E-state index in [0.29, 0.717) is 13.2 Å². The van der Waals surface area contributed by atoms with Crippen LogP contribution in [0, 0.1) is 5.92 Å². The zero-order chi connectivity index (χ0) is 10.7. The van der Waals surface area contributed by atoms with Gasteiger partial charge in [0, 0.05) is 7.11 Å². The van der Waals surface area contributed by atoms with Crippen molar-refractivity contribution >= 4 is 0 Å². The third-order valence-corrected chi connectivity index (χ3v) is 2.75. The molecule has 0 atom stereocenters. The highest BCUT2D eigenvalue weighted by Gasteiger charge is 2.25. The average Bonchev–Trinajstić information content (AvgIpc) is 2.97. The molecule has 84 valence electrons. The first kappa shape index (κ1) is 10.6. The summed E-state index contributed by atoms with van der Waals surface area (Å²) in [5.74, 6) is 0.773. The fraction of sp³-hybridized carbons (Fsp3) is 0.800. The second kappa shape index (κ2) is 4.72. The minimum Gasteiger partial charge on any atom is -0.390 e. The van der Waals surface area contributed by atoms with Gasteiger partial charge in [-0.1, -0.05) is 5.21 Å². The molecule has 0 amide bonds. The van der Waals surface area contributed by atoms with Crippen molar-refractivity contribution in [3.05, 3.63) is 11.4 Å². The van der Waals surface area contributed by atoms with Crippen LogP contribution >= 0.6 is 0 Å². The summed E-state index contributed by atoms with van der Waals surface area (Å²) in [6, 6.07) is 0. The maximum Gasteiger partial charge on any atom is 0.111 e. The lowest BCUT2D eigenvalue weighted by atomic mass is 10.2. The van der Waals surface area contributed by atoms with Gasteiger partial charge in [-0.15, -0.1) is 5.10 Å². The van der Waals surface area contributed by atoms with Crippen LogP contribution in [0.15, 0.2) is 0 Å². The Kier molecular flexibility index (Phi) is 3.33. The van der Waals surface area contributed by atoms with E-state index in [9.17, 15) is 0 Å². The van der Waals surface area contributed by atoms with E-state index in [1.165, 1.54) is 12.8 Å². The molecule has 0 bridgehead atoms. The molecule has 0 saturated heterocycles. The SMILES string of the molecule is COCCn1nnc(CO)c1CC1CC1. The number of aliphatic hydroxyl groups is 1. The van der Waals surface area contributed by atoms with Crippen molar-refractivity contribution in [1.29, 1.82) is 0 Å². The molecule has 0 unspecified atom stereocenters. The summed E-state index contributed by atoms with van der Waals surface area (Å²) in [4.78, 5) is 0. The molecule has 1 heterocycles. The molecule has 1 saturated carbocycles. The first-order chi connectivity index (χ1) is 7.35. The molecule has 1 aliphatic carbocycles. The van der Waals surface area contributed by atoms with Crippen LogP contribution in [0.3, 0.4) is 0 Å². The summed E-state index contributed by atoms with van der Waals surface area (Å²) < 4.78 is 6.87. The molecule has 1 aromatic heterocycles. The van der Waals surface area contributed by atoms with Gasteiger partial charge in [-0.2, -0.15) is 0 Å².